The summed E-state index contributed by atoms with van der Waals surface area (Å²) >= 11 is 0. The van der Waals surface area contributed by atoms with Gasteiger partial charge in [-0.15, -0.1) is 0 Å². The summed E-state index contributed by atoms with van der Waals surface area (Å²) in [6, 6.07) is 95.5. The largest absolute Gasteiger partial charge is 0.310 e. The van der Waals surface area contributed by atoms with Crippen molar-refractivity contribution in [2.45, 2.75) is 37.5 Å². The fourth-order valence-corrected chi connectivity index (χ4v) is 13.5. The third-order valence-electron chi connectivity index (χ3n) is 17.1. The minimum atomic E-state index is -0.479. The van der Waals surface area contributed by atoms with Crippen molar-refractivity contribution in [1.29, 1.82) is 0 Å². The van der Waals surface area contributed by atoms with Gasteiger partial charge in [-0.25, -0.2) is 0 Å². The summed E-state index contributed by atoms with van der Waals surface area (Å²) in [5.41, 5.74) is 25.7. The number of allylic oxidation sites excluding steroid dienone is 1. The molecule has 76 heavy (non-hydrogen) atoms. The van der Waals surface area contributed by atoms with Crippen LogP contribution in [0.5, 0.6) is 0 Å². The first-order valence-corrected chi connectivity index (χ1v) is 26.9. The molecule has 0 saturated heterocycles. The summed E-state index contributed by atoms with van der Waals surface area (Å²) in [5.74, 6) is 0. The van der Waals surface area contributed by atoms with Crippen molar-refractivity contribution in [1.82, 2.24) is 4.57 Å². The predicted molar refractivity (Wildman–Crippen MR) is 319 cm³/mol. The smallest absolute Gasteiger partial charge is 0.0713 e. The third kappa shape index (κ3) is 6.66. The van der Waals surface area contributed by atoms with E-state index in [0.717, 1.165) is 29.9 Å². The Morgan fingerprint density at radius 1 is 0.395 bits per heavy atom. The first-order valence-electron chi connectivity index (χ1n) is 26.9. The van der Waals surface area contributed by atoms with Crippen LogP contribution in [-0.4, -0.2) is 4.57 Å². The maximum absolute atomic E-state index is 2.49. The molecular formula is C74H54N2. The van der Waals surface area contributed by atoms with Crippen molar-refractivity contribution < 1.29 is 0 Å². The van der Waals surface area contributed by atoms with Gasteiger partial charge in [-0.2, -0.15) is 0 Å². The van der Waals surface area contributed by atoms with Gasteiger partial charge in [0.2, 0.25) is 0 Å². The molecular weight excluding hydrogens is 917 g/mol. The lowest BCUT2D eigenvalue weighted by Gasteiger charge is -2.34. The number of aromatic nitrogens is 1. The Kier molecular flexibility index (Phi) is 10.00. The van der Waals surface area contributed by atoms with Crippen LogP contribution in [-0.2, 0) is 17.3 Å². The van der Waals surface area contributed by atoms with Crippen molar-refractivity contribution >= 4 is 44.8 Å². The number of para-hydroxylation sites is 1. The van der Waals surface area contributed by atoms with Gasteiger partial charge in [0.15, 0.2) is 0 Å². The molecule has 0 amide bonds. The van der Waals surface area contributed by atoms with E-state index < -0.39 is 5.41 Å². The summed E-state index contributed by atoms with van der Waals surface area (Å²) in [6.45, 7) is 4.81. The van der Waals surface area contributed by atoms with E-state index >= 15 is 0 Å². The number of nitrogens with zero attached hydrogens (tertiary/aromatic N) is 2. The van der Waals surface area contributed by atoms with Crippen LogP contribution in [0, 0.1) is 0 Å². The van der Waals surface area contributed by atoms with Crippen molar-refractivity contribution in [3.63, 3.8) is 0 Å². The summed E-state index contributed by atoms with van der Waals surface area (Å²) in [5, 5.41) is 3.86. The molecule has 0 bridgehead atoms. The molecule has 360 valence electrons. The highest BCUT2D eigenvalue weighted by Gasteiger charge is 2.46. The molecule has 0 N–H and O–H groups in total. The van der Waals surface area contributed by atoms with Gasteiger partial charge < -0.3 is 9.47 Å². The number of aryl methyl sites for hydroxylation is 1. The van der Waals surface area contributed by atoms with E-state index in [0.29, 0.717) is 0 Å². The summed E-state index contributed by atoms with van der Waals surface area (Å²) < 4.78 is 2.43. The number of anilines is 3. The average molecular weight is 971 g/mol. The van der Waals surface area contributed by atoms with Crippen LogP contribution < -0.4 is 4.90 Å². The van der Waals surface area contributed by atoms with Crippen LogP contribution in [0.4, 0.5) is 17.1 Å². The summed E-state index contributed by atoms with van der Waals surface area (Å²) in [6.07, 6.45) is 6.73. The van der Waals surface area contributed by atoms with Crippen LogP contribution in [0.25, 0.3) is 77.9 Å². The molecule has 0 atom stereocenters. The highest BCUT2D eigenvalue weighted by molar-refractivity contribution is 5.96. The van der Waals surface area contributed by atoms with Crippen molar-refractivity contribution in [3.05, 3.63) is 306 Å². The van der Waals surface area contributed by atoms with Crippen molar-refractivity contribution in [2.75, 3.05) is 4.90 Å². The Balaban J connectivity index is 0.877. The maximum atomic E-state index is 2.49. The van der Waals surface area contributed by atoms with Gasteiger partial charge in [-0.3, -0.25) is 0 Å². The maximum Gasteiger partial charge on any atom is 0.0713 e. The molecule has 12 aromatic rings. The number of benzene rings is 11. The predicted octanol–water partition coefficient (Wildman–Crippen LogP) is 19.2. The van der Waals surface area contributed by atoms with Crippen LogP contribution >= 0.6 is 0 Å². The van der Waals surface area contributed by atoms with Crippen molar-refractivity contribution in [2.24, 2.45) is 0 Å². The van der Waals surface area contributed by atoms with Crippen LogP contribution in [0.2, 0.25) is 0 Å². The second-order valence-corrected chi connectivity index (χ2v) is 21.5. The number of rotatable bonds is 8. The van der Waals surface area contributed by atoms with Crippen LogP contribution in [0.15, 0.2) is 261 Å². The third-order valence-corrected chi connectivity index (χ3v) is 17.1. The minimum Gasteiger partial charge on any atom is -0.310 e. The molecule has 15 rings (SSSR count). The first-order chi connectivity index (χ1) is 37.4. The molecule has 0 spiro atoms. The topological polar surface area (TPSA) is 8.17 Å². The van der Waals surface area contributed by atoms with Gasteiger partial charge in [0.1, 0.15) is 0 Å². The zero-order valence-electron chi connectivity index (χ0n) is 42.7. The zero-order valence-corrected chi connectivity index (χ0v) is 42.7. The average Bonchev–Trinajstić information content (AvgIpc) is 4.17. The second kappa shape index (κ2) is 17.2. The van der Waals surface area contributed by atoms with Gasteiger partial charge in [-0.05, 0) is 186 Å². The van der Waals surface area contributed by atoms with E-state index in [1.165, 1.54) is 117 Å². The van der Waals surface area contributed by atoms with E-state index in [2.05, 4.69) is 290 Å². The molecule has 2 heteroatoms. The van der Waals surface area contributed by atoms with E-state index in [-0.39, 0.29) is 5.41 Å². The Labute approximate surface area is 445 Å². The molecule has 1 heterocycles. The van der Waals surface area contributed by atoms with Crippen LogP contribution in [0.3, 0.4) is 0 Å². The Hall–Kier alpha value is -9.24. The first kappa shape index (κ1) is 44.3. The summed E-state index contributed by atoms with van der Waals surface area (Å²) in [7, 11) is 0. The van der Waals surface area contributed by atoms with E-state index in [9.17, 15) is 0 Å². The standard InChI is InChI=1S/C74H54N2/c1-73(2)69-46-54(52-31-30-49-18-12-13-19-51(49)44-52)34-40-62(69)63-41-38-60(48-70(63)73)75(58-36-32-50(33-37-58)53-35-43-72-66(45-53)64-27-15-17-29-71(64)76(72)57-24-10-5-11-25-57)59-39-42-68-65(47-59)61-26-14-16-28-67(61)74(68,55-20-6-3-7-21-55)56-22-8-4-9-23-56/h3-14,16-26,28-48H,15,27H2,1-2H3. The quantitative estimate of drug-likeness (QED) is 0.147. The summed E-state index contributed by atoms with van der Waals surface area (Å²) in [4.78, 5) is 2.49. The molecule has 0 saturated carbocycles. The van der Waals surface area contributed by atoms with Crippen LogP contribution in [0.1, 0.15) is 64.9 Å². The fraction of sp³-hybridized carbons (Fsp3) is 0.0811. The SMILES string of the molecule is CC1(C)c2cc(-c3ccc4ccccc4c3)ccc2-c2ccc(N(c3ccc(-c4ccc5c(c4)c4c(n5-c5ccccc5)C=CCC4)cc3)c3ccc4c(c3)-c3ccccc3C4(c3ccccc3)c3ccccc3)cc21. The van der Waals surface area contributed by atoms with Gasteiger partial charge in [0, 0.05) is 39.2 Å². The molecule has 0 aliphatic heterocycles. The van der Waals surface area contributed by atoms with E-state index in [4.69, 9.17) is 0 Å². The highest BCUT2D eigenvalue weighted by Crippen LogP contribution is 2.58. The molecule has 3 aliphatic carbocycles. The van der Waals surface area contributed by atoms with E-state index in [1.54, 1.807) is 0 Å². The van der Waals surface area contributed by atoms with Gasteiger partial charge >= 0.3 is 0 Å². The fourth-order valence-electron chi connectivity index (χ4n) is 13.5. The zero-order chi connectivity index (χ0) is 50.5. The molecule has 1 aromatic heterocycles. The van der Waals surface area contributed by atoms with Gasteiger partial charge in [-0.1, -0.05) is 202 Å². The lowest BCUT2D eigenvalue weighted by Crippen LogP contribution is -2.28. The normalized spacial score (nSPS) is 14.2. The molecule has 0 radical (unpaired) electrons. The Bertz CT molecular complexity index is 4250. The van der Waals surface area contributed by atoms with Gasteiger partial charge in [0.25, 0.3) is 0 Å². The number of hydrogen-bond donors (Lipinski definition) is 0. The number of hydrogen-bond acceptors (Lipinski definition) is 1. The molecule has 2 nitrogen and oxygen atoms in total. The Morgan fingerprint density at radius 3 is 1.72 bits per heavy atom. The van der Waals surface area contributed by atoms with Crippen molar-refractivity contribution in [3.8, 4) is 50.2 Å². The van der Waals surface area contributed by atoms with E-state index in [1.807, 2.05) is 0 Å². The lowest BCUT2D eigenvalue weighted by molar-refractivity contribution is 0.660. The second-order valence-electron chi connectivity index (χ2n) is 21.5. The molecule has 0 fully saturated rings. The molecule has 0 unspecified atom stereocenters. The number of fused-ring (bicyclic) bond motifs is 10. The lowest BCUT2D eigenvalue weighted by atomic mass is 9.68. The molecule has 3 aliphatic rings. The monoisotopic (exact) mass is 970 g/mol. The van der Waals surface area contributed by atoms with Gasteiger partial charge in [0.05, 0.1) is 10.9 Å². The minimum absolute atomic E-state index is 0.238. The molecule has 11 aromatic carbocycles. The Morgan fingerprint density at radius 2 is 0.947 bits per heavy atom. The highest BCUT2D eigenvalue weighted by atomic mass is 15.1.